The van der Waals surface area contributed by atoms with Crippen LogP contribution >= 0.6 is 0 Å². The fraction of sp³-hybridized carbons (Fsp3) is 0.269. The number of carbonyl (C=O) groups excluding carboxylic acids is 1. The lowest BCUT2D eigenvalue weighted by Gasteiger charge is -2.23. The van der Waals surface area contributed by atoms with Gasteiger partial charge >= 0.3 is 0 Å². The van der Waals surface area contributed by atoms with Crippen LogP contribution in [0.1, 0.15) is 47.8 Å². The minimum atomic E-state index is -3.45. The fourth-order valence-electron chi connectivity index (χ4n) is 3.60. The van der Waals surface area contributed by atoms with Crippen molar-refractivity contribution in [3.05, 3.63) is 102 Å². The highest BCUT2D eigenvalue weighted by Gasteiger charge is 2.19. The molecule has 0 fully saturated rings. The Labute approximate surface area is 191 Å². The Bertz CT molecular complexity index is 1110. The van der Waals surface area contributed by atoms with E-state index in [0.29, 0.717) is 17.2 Å². The van der Waals surface area contributed by atoms with Crippen molar-refractivity contribution in [1.82, 2.24) is 5.32 Å². The highest BCUT2D eigenvalue weighted by Crippen LogP contribution is 2.23. The molecule has 1 N–H and O–H groups in total. The number of nitrogens with one attached hydrogen (secondary N) is 1. The summed E-state index contributed by atoms with van der Waals surface area (Å²) >= 11 is 0. The van der Waals surface area contributed by atoms with E-state index in [2.05, 4.69) is 19.2 Å². The standard InChI is InChI=1S/C26H30N2O3S/c1-20(2)18-25(22-10-6-4-7-11-22)27-26(29)23-16-14-21(15-17-23)19-28(32(3,30)31)24-12-8-5-9-13-24/h4-17,20,25H,18-19H2,1-3H3,(H,27,29). The number of sulfonamides is 1. The van der Waals surface area contributed by atoms with Crippen LogP contribution in [-0.2, 0) is 16.6 Å². The molecule has 0 bridgehead atoms. The zero-order valence-electron chi connectivity index (χ0n) is 18.7. The molecule has 1 amide bonds. The monoisotopic (exact) mass is 450 g/mol. The van der Waals surface area contributed by atoms with Gasteiger partial charge in [-0.15, -0.1) is 0 Å². The second kappa shape index (κ2) is 10.5. The first-order valence-electron chi connectivity index (χ1n) is 10.7. The molecule has 0 saturated heterocycles. The smallest absolute Gasteiger partial charge is 0.251 e. The third kappa shape index (κ3) is 6.44. The molecule has 32 heavy (non-hydrogen) atoms. The average molecular weight is 451 g/mol. The maximum atomic E-state index is 12.9. The van der Waals surface area contributed by atoms with Crippen molar-refractivity contribution in [2.45, 2.75) is 32.9 Å². The van der Waals surface area contributed by atoms with E-state index >= 15 is 0 Å². The van der Waals surface area contributed by atoms with Gasteiger partial charge in [0.25, 0.3) is 5.91 Å². The summed E-state index contributed by atoms with van der Waals surface area (Å²) in [5.41, 5.74) is 3.04. The van der Waals surface area contributed by atoms with Gasteiger partial charge in [0, 0.05) is 5.56 Å². The van der Waals surface area contributed by atoms with Gasteiger partial charge in [-0.2, -0.15) is 0 Å². The Balaban J connectivity index is 1.74. The summed E-state index contributed by atoms with van der Waals surface area (Å²) < 4.78 is 26.0. The molecule has 0 radical (unpaired) electrons. The first-order valence-corrected chi connectivity index (χ1v) is 12.6. The third-order valence-electron chi connectivity index (χ3n) is 5.20. The molecular formula is C26H30N2O3S. The van der Waals surface area contributed by atoms with E-state index in [1.54, 1.807) is 48.5 Å². The molecule has 1 unspecified atom stereocenters. The Morgan fingerprint density at radius 3 is 1.97 bits per heavy atom. The molecule has 0 aliphatic heterocycles. The number of anilines is 1. The lowest BCUT2D eigenvalue weighted by molar-refractivity contribution is 0.0932. The second-order valence-corrected chi connectivity index (χ2v) is 10.3. The Morgan fingerprint density at radius 2 is 1.44 bits per heavy atom. The number of amides is 1. The Kier molecular flexibility index (Phi) is 7.70. The molecule has 0 heterocycles. The first-order chi connectivity index (χ1) is 15.2. The number of benzene rings is 3. The van der Waals surface area contributed by atoms with Crippen LogP contribution in [0.3, 0.4) is 0 Å². The van der Waals surface area contributed by atoms with Crippen LogP contribution in [0.2, 0.25) is 0 Å². The van der Waals surface area contributed by atoms with Gasteiger partial charge in [0.2, 0.25) is 10.0 Å². The van der Waals surface area contributed by atoms with Crippen LogP contribution < -0.4 is 9.62 Å². The van der Waals surface area contributed by atoms with Gasteiger partial charge in [0.05, 0.1) is 24.5 Å². The number of rotatable bonds is 9. The van der Waals surface area contributed by atoms with Crippen molar-refractivity contribution in [3.8, 4) is 0 Å². The number of hydrogen-bond donors (Lipinski definition) is 1. The van der Waals surface area contributed by atoms with Crippen molar-refractivity contribution in [1.29, 1.82) is 0 Å². The summed E-state index contributed by atoms with van der Waals surface area (Å²) in [6.45, 7) is 4.47. The van der Waals surface area contributed by atoms with E-state index < -0.39 is 10.0 Å². The summed E-state index contributed by atoms with van der Waals surface area (Å²) in [7, 11) is -3.45. The van der Waals surface area contributed by atoms with E-state index in [-0.39, 0.29) is 18.5 Å². The Hall–Kier alpha value is -3.12. The number of hydrogen-bond acceptors (Lipinski definition) is 3. The van der Waals surface area contributed by atoms with Crippen LogP contribution in [0.5, 0.6) is 0 Å². The number of nitrogens with zero attached hydrogens (tertiary/aromatic N) is 1. The molecule has 5 nitrogen and oxygen atoms in total. The molecule has 3 aromatic rings. The molecule has 3 rings (SSSR count). The molecule has 0 aliphatic carbocycles. The lowest BCUT2D eigenvalue weighted by atomic mass is 9.96. The Morgan fingerprint density at radius 1 is 0.875 bits per heavy atom. The van der Waals surface area contributed by atoms with Gasteiger partial charge in [-0.3, -0.25) is 9.10 Å². The highest BCUT2D eigenvalue weighted by molar-refractivity contribution is 7.92. The topological polar surface area (TPSA) is 66.5 Å². The van der Waals surface area contributed by atoms with E-state index in [1.807, 2.05) is 36.4 Å². The third-order valence-corrected chi connectivity index (χ3v) is 6.34. The SMILES string of the molecule is CC(C)CC(NC(=O)c1ccc(CN(c2ccccc2)S(C)(=O)=O)cc1)c1ccccc1. The fourth-order valence-corrected chi connectivity index (χ4v) is 4.49. The summed E-state index contributed by atoms with van der Waals surface area (Å²) in [5, 5.41) is 3.15. The van der Waals surface area contributed by atoms with Crippen LogP contribution in [0.4, 0.5) is 5.69 Å². The van der Waals surface area contributed by atoms with Crippen molar-refractivity contribution < 1.29 is 13.2 Å². The highest BCUT2D eigenvalue weighted by atomic mass is 32.2. The zero-order chi connectivity index (χ0) is 23.1. The lowest BCUT2D eigenvalue weighted by Crippen LogP contribution is -2.30. The van der Waals surface area contributed by atoms with Gasteiger partial charge in [-0.05, 0) is 47.7 Å². The van der Waals surface area contributed by atoms with Crippen molar-refractivity contribution in [2.75, 3.05) is 10.6 Å². The largest absolute Gasteiger partial charge is 0.345 e. The van der Waals surface area contributed by atoms with Crippen molar-refractivity contribution in [3.63, 3.8) is 0 Å². The minimum Gasteiger partial charge on any atom is -0.345 e. The first kappa shape index (κ1) is 23.5. The van der Waals surface area contributed by atoms with E-state index in [0.717, 1.165) is 17.5 Å². The zero-order valence-corrected chi connectivity index (χ0v) is 19.5. The van der Waals surface area contributed by atoms with E-state index in [1.165, 1.54) is 10.6 Å². The van der Waals surface area contributed by atoms with E-state index in [9.17, 15) is 13.2 Å². The normalized spacial score (nSPS) is 12.4. The molecule has 3 aromatic carbocycles. The van der Waals surface area contributed by atoms with Gasteiger partial charge in [-0.25, -0.2) is 8.42 Å². The van der Waals surface area contributed by atoms with Gasteiger partial charge in [0.1, 0.15) is 0 Å². The van der Waals surface area contributed by atoms with Gasteiger partial charge in [0.15, 0.2) is 0 Å². The molecule has 0 saturated carbocycles. The number of carbonyl (C=O) groups is 1. The predicted octanol–water partition coefficient (Wildman–Crippen LogP) is 5.17. The van der Waals surface area contributed by atoms with Gasteiger partial charge < -0.3 is 5.32 Å². The summed E-state index contributed by atoms with van der Waals surface area (Å²) in [6.07, 6.45) is 2.04. The molecule has 6 heteroatoms. The maximum absolute atomic E-state index is 12.9. The molecule has 0 aliphatic rings. The van der Waals surface area contributed by atoms with Crippen LogP contribution in [-0.4, -0.2) is 20.6 Å². The molecular weight excluding hydrogens is 420 g/mol. The summed E-state index contributed by atoms with van der Waals surface area (Å²) in [4.78, 5) is 12.9. The quantitative estimate of drug-likeness (QED) is 0.489. The van der Waals surface area contributed by atoms with E-state index in [4.69, 9.17) is 0 Å². The number of para-hydroxylation sites is 1. The van der Waals surface area contributed by atoms with Crippen molar-refractivity contribution >= 4 is 21.6 Å². The maximum Gasteiger partial charge on any atom is 0.251 e. The van der Waals surface area contributed by atoms with Crippen LogP contribution in [0, 0.1) is 5.92 Å². The average Bonchev–Trinajstić information content (AvgIpc) is 2.77. The molecule has 0 aromatic heterocycles. The van der Waals surface area contributed by atoms with Crippen LogP contribution in [0.15, 0.2) is 84.9 Å². The van der Waals surface area contributed by atoms with Gasteiger partial charge in [-0.1, -0.05) is 74.5 Å². The molecule has 1 atom stereocenters. The second-order valence-electron chi connectivity index (χ2n) is 8.37. The van der Waals surface area contributed by atoms with Crippen LogP contribution in [0.25, 0.3) is 0 Å². The predicted molar refractivity (Wildman–Crippen MR) is 130 cm³/mol. The van der Waals surface area contributed by atoms with Crippen molar-refractivity contribution in [2.24, 2.45) is 5.92 Å². The molecule has 0 spiro atoms. The summed E-state index contributed by atoms with van der Waals surface area (Å²) in [6, 6.07) is 26.0. The minimum absolute atomic E-state index is 0.0674. The summed E-state index contributed by atoms with van der Waals surface area (Å²) in [5.74, 6) is 0.289. The molecule has 168 valence electrons.